The minimum Gasteiger partial charge on any atom is -0.396 e. The molecule has 0 saturated carbocycles. The smallest absolute Gasteiger partial charge is 0.357 e. The van der Waals surface area contributed by atoms with Crippen molar-refractivity contribution in [3.05, 3.63) is 77.2 Å². The number of nitrogens with zero attached hydrogens (tertiary/aromatic N) is 2. The molecule has 0 unspecified atom stereocenters. The predicted octanol–water partition coefficient (Wildman–Crippen LogP) is 3.64. The molecule has 0 saturated heterocycles. The van der Waals surface area contributed by atoms with E-state index in [1.54, 1.807) is 13.8 Å². The van der Waals surface area contributed by atoms with Crippen LogP contribution in [0.25, 0.3) is 0 Å². The van der Waals surface area contributed by atoms with E-state index in [0.717, 1.165) is 17.7 Å². The Hall–Kier alpha value is -2.78. The van der Waals surface area contributed by atoms with Gasteiger partial charge in [-0.3, -0.25) is 0 Å². The number of aromatic nitrogens is 2. The van der Waals surface area contributed by atoms with E-state index in [1.165, 1.54) is 4.57 Å². The average molecular weight is 436 g/mol. The topological polar surface area (TPSA) is 81.4 Å². The molecule has 0 atom stereocenters. The van der Waals surface area contributed by atoms with Crippen LogP contribution >= 0.6 is 0 Å². The SMILES string of the molecule is CC(C)c1nc(CCO)n(Cc2ccccc2)c1S(=O)(=O)Oc1cc(F)cc(F)c1. The lowest BCUT2D eigenvalue weighted by Crippen LogP contribution is -2.19. The molecule has 0 aliphatic rings. The zero-order valence-corrected chi connectivity index (χ0v) is 17.4. The molecule has 0 bridgehead atoms. The number of hydrogen-bond donors (Lipinski definition) is 1. The van der Waals surface area contributed by atoms with Gasteiger partial charge in [0.1, 0.15) is 23.2 Å². The fourth-order valence-corrected chi connectivity index (χ4v) is 4.51. The van der Waals surface area contributed by atoms with Crippen LogP contribution in [0.5, 0.6) is 5.75 Å². The summed E-state index contributed by atoms with van der Waals surface area (Å²) in [6, 6.07) is 11.4. The third kappa shape index (κ3) is 4.85. The Morgan fingerprint density at radius 3 is 2.30 bits per heavy atom. The molecule has 9 heteroatoms. The number of hydrogen-bond acceptors (Lipinski definition) is 5. The fourth-order valence-electron chi connectivity index (χ4n) is 3.10. The van der Waals surface area contributed by atoms with Crippen LogP contribution in [-0.2, 0) is 23.1 Å². The van der Waals surface area contributed by atoms with Crippen LogP contribution in [0.2, 0.25) is 0 Å². The molecule has 30 heavy (non-hydrogen) atoms. The Morgan fingerprint density at radius 2 is 1.73 bits per heavy atom. The Morgan fingerprint density at radius 1 is 1.10 bits per heavy atom. The van der Waals surface area contributed by atoms with Crippen LogP contribution in [0.3, 0.4) is 0 Å². The van der Waals surface area contributed by atoms with E-state index in [4.69, 9.17) is 4.18 Å². The lowest BCUT2D eigenvalue weighted by molar-refractivity contribution is 0.294. The third-order valence-electron chi connectivity index (χ3n) is 4.37. The quantitative estimate of drug-likeness (QED) is 0.546. The second-order valence-corrected chi connectivity index (χ2v) is 8.52. The summed E-state index contributed by atoms with van der Waals surface area (Å²) < 4.78 is 60.0. The highest BCUT2D eigenvalue weighted by Gasteiger charge is 2.31. The summed E-state index contributed by atoms with van der Waals surface area (Å²) in [6.45, 7) is 3.50. The van der Waals surface area contributed by atoms with Gasteiger partial charge in [-0.05, 0) is 11.5 Å². The van der Waals surface area contributed by atoms with E-state index in [-0.39, 0.29) is 36.2 Å². The zero-order valence-electron chi connectivity index (χ0n) is 16.5. The molecule has 3 rings (SSSR count). The first-order valence-corrected chi connectivity index (χ1v) is 10.8. The first kappa shape index (κ1) is 21.9. The number of aliphatic hydroxyl groups is 1. The van der Waals surface area contributed by atoms with Crippen LogP contribution < -0.4 is 4.18 Å². The van der Waals surface area contributed by atoms with Crippen LogP contribution in [0.1, 0.15) is 36.8 Å². The van der Waals surface area contributed by atoms with Crippen molar-refractivity contribution in [2.24, 2.45) is 0 Å². The van der Waals surface area contributed by atoms with Gasteiger partial charge >= 0.3 is 10.1 Å². The van der Waals surface area contributed by atoms with Gasteiger partial charge in [0.2, 0.25) is 0 Å². The number of benzene rings is 2. The molecule has 2 aromatic carbocycles. The molecule has 0 fully saturated rings. The summed E-state index contributed by atoms with van der Waals surface area (Å²) in [5.74, 6) is -2.29. The van der Waals surface area contributed by atoms with Crippen molar-refractivity contribution in [3.8, 4) is 5.75 Å². The highest BCUT2D eigenvalue weighted by atomic mass is 32.2. The second kappa shape index (κ2) is 8.93. The average Bonchev–Trinajstić information content (AvgIpc) is 3.01. The van der Waals surface area contributed by atoms with Gasteiger partial charge in [-0.15, -0.1) is 0 Å². The second-order valence-electron chi connectivity index (χ2n) is 7.06. The molecule has 0 aliphatic heterocycles. The lowest BCUT2D eigenvalue weighted by Gasteiger charge is -2.14. The van der Waals surface area contributed by atoms with Gasteiger partial charge in [-0.1, -0.05) is 44.2 Å². The summed E-state index contributed by atoms with van der Waals surface area (Å²) in [5.41, 5.74) is 1.07. The Kier molecular flexibility index (Phi) is 6.52. The molecule has 160 valence electrons. The number of imidazole rings is 1. The lowest BCUT2D eigenvalue weighted by atomic mass is 10.1. The van der Waals surface area contributed by atoms with Crippen LogP contribution in [0, 0.1) is 11.6 Å². The highest BCUT2D eigenvalue weighted by Crippen LogP contribution is 2.29. The molecule has 0 radical (unpaired) electrons. The van der Waals surface area contributed by atoms with Crippen molar-refractivity contribution < 1.29 is 26.5 Å². The molecular formula is C21H22F2N2O4S. The van der Waals surface area contributed by atoms with Crippen LogP contribution in [0.15, 0.2) is 53.6 Å². The van der Waals surface area contributed by atoms with E-state index in [9.17, 15) is 22.3 Å². The van der Waals surface area contributed by atoms with E-state index < -0.39 is 27.5 Å². The van der Waals surface area contributed by atoms with Crippen molar-refractivity contribution >= 4 is 10.1 Å². The minimum atomic E-state index is -4.49. The Bertz CT molecular complexity index is 1110. The van der Waals surface area contributed by atoms with E-state index in [2.05, 4.69) is 4.98 Å². The third-order valence-corrected chi connectivity index (χ3v) is 5.68. The number of aliphatic hydroxyl groups excluding tert-OH is 1. The summed E-state index contributed by atoms with van der Waals surface area (Å²) in [4.78, 5) is 4.43. The molecule has 0 amide bonds. The summed E-state index contributed by atoms with van der Waals surface area (Å²) >= 11 is 0. The molecular weight excluding hydrogens is 414 g/mol. The maximum absolute atomic E-state index is 13.5. The Balaban J connectivity index is 2.14. The van der Waals surface area contributed by atoms with E-state index in [0.29, 0.717) is 11.9 Å². The van der Waals surface area contributed by atoms with Crippen molar-refractivity contribution in [3.63, 3.8) is 0 Å². The maximum Gasteiger partial charge on any atom is 0.357 e. The summed E-state index contributed by atoms with van der Waals surface area (Å²) in [7, 11) is -4.49. The summed E-state index contributed by atoms with van der Waals surface area (Å²) in [5, 5.41) is 9.23. The number of rotatable bonds is 8. The van der Waals surface area contributed by atoms with Crippen molar-refractivity contribution in [1.82, 2.24) is 9.55 Å². The largest absolute Gasteiger partial charge is 0.396 e. The maximum atomic E-state index is 13.5. The van der Waals surface area contributed by atoms with Gasteiger partial charge in [0.25, 0.3) is 0 Å². The van der Waals surface area contributed by atoms with Gasteiger partial charge in [-0.2, -0.15) is 8.42 Å². The van der Waals surface area contributed by atoms with Crippen molar-refractivity contribution in [2.75, 3.05) is 6.61 Å². The van der Waals surface area contributed by atoms with Gasteiger partial charge in [0, 0.05) is 24.6 Å². The van der Waals surface area contributed by atoms with E-state index >= 15 is 0 Å². The van der Waals surface area contributed by atoms with Gasteiger partial charge < -0.3 is 13.9 Å². The minimum absolute atomic E-state index is 0.136. The van der Waals surface area contributed by atoms with Crippen LogP contribution in [0.4, 0.5) is 8.78 Å². The monoisotopic (exact) mass is 436 g/mol. The standard InChI is InChI=1S/C21H22F2N2O4S/c1-14(2)20-21(30(27,28)29-18-11-16(22)10-17(23)12-18)25(19(24-20)8-9-26)13-15-6-4-3-5-7-15/h3-7,10-12,14,26H,8-9,13H2,1-2H3. The highest BCUT2D eigenvalue weighted by molar-refractivity contribution is 7.87. The molecule has 1 N–H and O–H groups in total. The Labute approximate surface area is 173 Å². The van der Waals surface area contributed by atoms with Crippen LogP contribution in [-0.4, -0.2) is 29.7 Å². The molecule has 0 aliphatic carbocycles. The molecule has 6 nitrogen and oxygen atoms in total. The number of halogens is 2. The normalized spacial score (nSPS) is 11.8. The molecule has 1 aromatic heterocycles. The van der Waals surface area contributed by atoms with Crippen molar-refractivity contribution in [2.45, 2.75) is 37.8 Å². The van der Waals surface area contributed by atoms with Gasteiger partial charge in [0.15, 0.2) is 5.03 Å². The predicted molar refractivity (Wildman–Crippen MR) is 107 cm³/mol. The van der Waals surface area contributed by atoms with Crippen molar-refractivity contribution in [1.29, 1.82) is 0 Å². The van der Waals surface area contributed by atoms with Gasteiger partial charge in [0.05, 0.1) is 18.8 Å². The molecule has 3 aromatic rings. The van der Waals surface area contributed by atoms with Gasteiger partial charge in [-0.25, -0.2) is 13.8 Å². The summed E-state index contributed by atoms with van der Waals surface area (Å²) in [6.07, 6.45) is 0.136. The van der Waals surface area contributed by atoms with E-state index in [1.807, 2.05) is 30.3 Å². The first-order chi connectivity index (χ1) is 14.2. The first-order valence-electron chi connectivity index (χ1n) is 9.36. The molecule has 1 heterocycles. The fraction of sp³-hybridized carbons (Fsp3) is 0.286. The zero-order chi connectivity index (χ0) is 21.9. The molecule has 0 spiro atoms.